The Morgan fingerprint density at radius 1 is 1.21 bits per heavy atom. The summed E-state index contributed by atoms with van der Waals surface area (Å²) in [5.41, 5.74) is 1.38. The lowest BCUT2D eigenvalue weighted by atomic mass is 9.92. The van der Waals surface area contributed by atoms with Crippen LogP contribution in [0.2, 0.25) is 0 Å². The lowest BCUT2D eigenvalue weighted by molar-refractivity contribution is 0.0514. The third-order valence-corrected chi connectivity index (χ3v) is 3.01. The van der Waals surface area contributed by atoms with Gasteiger partial charge in [0, 0.05) is 20.2 Å². The summed E-state index contributed by atoms with van der Waals surface area (Å²) in [6.07, 6.45) is 7.70. The van der Waals surface area contributed by atoms with Crippen molar-refractivity contribution in [2.45, 2.75) is 51.7 Å². The van der Waals surface area contributed by atoms with Crippen molar-refractivity contribution < 1.29 is 4.74 Å². The van der Waals surface area contributed by atoms with Gasteiger partial charge >= 0.3 is 0 Å². The number of rotatable bonds is 3. The summed E-state index contributed by atoms with van der Waals surface area (Å²) in [5, 5.41) is 0. The van der Waals surface area contributed by atoms with Gasteiger partial charge in [-0.25, -0.2) is 0 Å². The highest BCUT2D eigenvalue weighted by Crippen LogP contribution is 2.24. The van der Waals surface area contributed by atoms with Crippen LogP contribution in [0.1, 0.15) is 39.5 Å². The molecule has 82 valence electrons. The van der Waals surface area contributed by atoms with Crippen molar-refractivity contribution in [2.75, 3.05) is 14.2 Å². The maximum Gasteiger partial charge on any atom is 0.0572 e. The number of hydrogen-bond acceptors (Lipinski definition) is 2. The fourth-order valence-corrected chi connectivity index (χ4v) is 2.20. The first-order valence-electron chi connectivity index (χ1n) is 5.53. The van der Waals surface area contributed by atoms with E-state index in [0.717, 1.165) is 6.04 Å². The zero-order valence-corrected chi connectivity index (χ0v) is 9.92. The minimum Gasteiger partial charge on any atom is -0.381 e. The topological polar surface area (TPSA) is 12.5 Å². The molecule has 2 heteroatoms. The second-order valence-electron chi connectivity index (χ2n) is 4.54. The van der Waals surface area contributed by atoms with Gasteiger partial charge in [-0.15, -0.1) is 0 Å². The third-order valence-electron chi connectivity index (χ3n) is 3.01. The van der Waals surface area contributed by atoms with E-state index in [1.54, 1.807) is 0 Å². The average Bonchev–Trinajstić information content (AvgIpc) is 2.17. The van der Waals surface area contributed by atoms with E-state index < -0.39 is 0 Å². The summed E-state index contributed by atoms with van der Waals surface area (Å²) in [7, 11) is 4.01. The van der Waals surface area contributed by atoms with Crippen molar-refractivity contribution in [3.8, 4) is 0 Å². The van der Waals surface area contributed by atoms with Gasteiger partial charge in [0.05, 0.1) is 6.10 Å². The van der Waals surface area contributed by atoms with Crippen LogP contribution in [0.25, 0.3) is 0 Å². The maximum atomic E-state index is 5.37. The standard InChI is InChI=1S/C12H23NO/c1-10(2)9-13(3)11-5-7-12(14-4)8-6-11/h9,11-12H,5-8H2,1-4H3. The zero-order valence-electron chi connectivity index (χ0n) is 9.92. The molecule has 0 aliphatic heterocycles. The van der Waals surface area contributed by atoms with E-state index in [4.69, 9.17) is 4.74 Å². The molecule has 0 bridgehead atoms. The van der Waals surface area contributed by atoms with E-state index in [0.29, 0.717) is 6.10 Å². The molecule has 0 N–H and O–H groups in total. The monoisotopic (exact) mass is 197 g/mol. The third kappa shape index (κ3) is 3.33. The van der Waals surface area contributed by atoms with Gasteiger partial charge in [0.25, 0.3) is 0 Å². The summed E-state index contributed by atoms with van der Waals surface area (Å²) in [5.74, 6) is 0. The van der Waals surface area contributed by atoms with Crippen molar-refractivity contribution >= 4 is 0 Å². The lowest BCUT2D eigenvalue weighted by Crippen LogP contribution is -2.33. The van der Waals surface area contributed by atoms with E-state index in [9.17, 15) is 0 Å². The minimum atomic E-state index is 0.506. The molecule has 1 aliphatic rings. The van der Waals surface area contributed by atoms with Gasteiger partial charge in [-0.05, 0) is 45.7 Å². The second-order valence-corrected chi connectivity index (χ2v) is 4.54. The first-order valence-corrected chi connectivity index (χ1v) is 5.53. The van der Waals surface area contributed by atoms with Crippen LogP contribution in [0.4, 0.5) is 0 Å². The molecule has 0 aromatic heterocycles. The van der Waals surface area contributed by atoms with Gasteiger partial charge in [0.15, 0.2) is 0 Å². The molecule has 0 atom stereocenters. The number of nitrogens with zero attached hydrogens (tertiary/aromatic N) is 1. The van der Waals surface area contributed by atoms with Crippen LogP contribution in [0.3, 0.4) is 0 Å². The smallest absolute Gasteiger partial charge is 0.0572 e. The first kappa shape index (κ1) is 11.6. The van der Waals surface area contributed by atoms with E-state index >= 15 is 0 Å². The molecule has 0 aromatic rings. The van der Waals surface area contributed by atoms with Gasteiger partial charge in [0.2, 0.25) is 0 Å². The molecule has 0 saturated heterocycles. The Morgan fingerprint density at radius 3 is 2.21 bits per heavy atom. The Bertz CT molecular complexity index is 188. The van der Waals surface area contributed by atoms with Crippen LogP contribution in [-0.2, 0) is 4.74 Å². The van der Waals surface area contributed by atoms with Gasteiger partial charge in [-0.2, -0.15) is 0 Å². The number of allylic oxidation sites excluding steroid dienone is 1. The fourth-order valence-electron chi connectivity index (χ4n) is 2.20. The van der Waals surface area contributed by atoms with Gasteiger partial charge in [-0.1, -0.05) is 5.57 Å². The Kier molecular flexibility index (Phi) is 4.46. The molecule has 1 rings (SSSR count). The van der Waals surface area contributed by atoms with E-state index in [-0.39, 0.29) is 0 Å². The van der Waals surface area contributed by atoms with Crippen LogP contribution < -0.4 is 0 Å². The summed E-state index contributed by atoms with van der Waals surface area (Å²) >= 11 is 0. The summed E-state index contributed by atoms with van der Waals surface area (Å²) < 4.78 is 5.37. The van der Waals surface area contributed by atoms with Crippen LogP contribution in [0, 0.1) is 0 Å². The van der Waals surface area contributed by atoms with Crippen molar-refractivity contribution in [2.24, 2.45) is 0 Å². The Morgan fingerprint density at radius 2 is 1.79 bits per heavy atom. The minimum absolute atomic E-state index is 0.506. The molecule has 0 radical (unpaired) electrons. The average molecular weight is 197 g/mol. The molecule has 0 heterocycles. The SMILES string of the molecule is COC1CCC(N(C)C=C(C)C)CC1. The molecule has 1 fully saturated rings. The van der Waals surface area contributed by atoms with Crippen LogP contribution in [-0.4, -0.2) is 31.2 Å². The highest BCUT2D eigenvalue weighted by Gasteiger charge is 2.22. The molecule has 0 amide bonds. The van der Waals surface area contributed by atoms with Crippen LogP contribution >= 0.6 is 0 Å². The lowest BCUT2D eigenvalue weighted by Gasteiger charge is -2.33. The molecule has 0 aromatic carbocycles. The Labute approximate surface area is 87.9 Å². The Balaban J connectivity index is 2.37. The van der Waals surface area contributed by atoms with Crippen molar-refractivity contribution in [3.63, 3.8) is 0 Å². The first-order chi connectivity index (χ1) is 6.63. The highest BCUT2D eigenvalue weighted by molar-refractivity contribution is 4.94. The largest absolute Gasteiger partial charge is 0.381 e. The number of hydrogen-bond donors (Lipinski definition) is 0. The summed E-state index contributed by atoms with van der Waals surface area (Å²) in [6, 6.07) is 0.719. The second kappa shape index (κ2) is 5.40. The molecule has 1 saturated carbocycles. The van der Waals surface area contributed by atoms with Crippen molar-refractivity contribution in [1.29, 1.82) is 0 Å². The quantitative estimate of drug-likeness (QED) is 0.690. The predicted octanol–water partition coefficient (Wildman–Crippen LogP) is 2.80. The van der Waals surface area contributed by atoms with Crippen LogP contribution in [0.15, 0.2) is 11.8 Å². The molecular formula is C12H23NO. The maximum absolute atomic E-state index is 5.37. The summed E-state index contributed by atoms with van der Waals surface area (Å²) in [6.45, 7) is 4.30. The van der Waals surface area contributed by atoms with Gasteiger partial charge < -0.3 is 9.64 Å². The summed E-state index contributed by atoms with van der Waals surface area (Å²) in [4.78, 5) is 2.36. The highest BCUT2D eigenvalue weighted by atomic mass is 16.5. The van der Waals surface area contributed by atoms with Crippen LogP contribution in [0.5, 0.6) is 0 Å². The molecule has 14 heavy (non-hydrogen) atoms. The normalized spacial score (nSPS) is 27.1. The molecule has 0 unspecified atom stereocenters. The van der Waals surface area contributed by atoms with Gasteiger partial charge in [-0.3, -0.25) is 0 Å². The van der Waals surface area contributed by atoms with E-state index in [1.165, 1.54) is 31.3 Å². The van der Waals surface area contributed by atoms with Crippen molar-refractivity contribution in [3.05, 3.63) is 11.8 Å². The fraction of sp³-hybridized carbons (Fsp3) is 0.833. The Hall–Kier alpha value is -0.500. The number of ether oxygens (including phenoxy) is 1. The molecule has 2 nitrogen and oxygen atoms in total. The number of methoxy groups -OCH3 is 1. The molecule has 1 aliphatic carbocycles. The van der Waals surface area contributed by atoms with E-state index in [2.05, 4.69) is 32.0 Å². The molecular weight excluding hydrogens is 174 g/mol. The van der Waals surface area contributed by atoms with Crippen molar-refractivity contribution in [1.82, 2.24) is 4.90 Å². The van der Waals surface area contributed by atoms with Gasteiger partial charge in [0.1, 0.15) is 0 Å². The zero-order chi connectivity index (χ0) is 10.6. The predicted molar refractivity (Wildman–Crippen MR) is 60.2 cm³/mol. The van der Waals surface area contributed by atoms with E-state index in [1.807, 2.05) is 7.11 Å². The molecule has 0 spiro atoms.